The van der Waals surface area contributed by atoms with Crippen LogP contribution in [0.15, 0.2) is 47.5 Å². The summed E-state index contributed by atoms with van der Waals surface area (Å²) in [5, 5.41) is 4.06. The van der Waals surface area contributed by atoms with Gasteiger partial charge in [0.25, 0.3) is 11.5 Å². The number of ether oxygens (including phenoxy) is 1. The van der Waals surface area contributed by atoms with E-state index in [0.717, 1.165) is 10.1 Å². The van der Waals surface area contributed by atoms with E-state index >= 15 is 0 Å². The van der Waals surface area contributed by atoms with Crippen LogP contribution < -0.4 is 10.9 Å². The van der Waals surface area contributed by atoms with Gasteiger partial charge in [-0.05, 0) is 50.1 Å². The van der Waals surface area contributed by atoms with Crippen molar-refractivity contribution in [1.82, 2.24) is 14.9 Å². The van der Waals surface area contributed by atoms with E-state index in [2.05, 4.69) is 10.3 Å². The molecule has 0 spiro atoms. The molecule has 31 heavy (non-hydrogen) atoms. The number of rotatable bonds is 6. The van der Waals surface area contributed by atoms with Gasteiger partial charge >= 0.3 is 5.97 Å². The minimum Gasteiger partial charge on any atom is -0.451 e. The van der Waals surface area contributed by atoms with Gasteiger partial charge in [-0.15, -0.1) is 0 Å². The minimum atomic E-state index is -1.06. The van der Waals surface area contributed by atoms with Crippen molar-refractivity contribution in [3.05, 3.63) is 74.3 Å². The molecule has 0 radical (unpaired) electrons. The summed E-state index contributed by atoms with van der Waals surface area (Å²) in [5.74, 6) is -1.22. The summed E-state index contributed by atoms with van der Waals surface area (Å²) < 4.78 is 6.36. The Bertz CT molecular complexity index is 1210. The average molecular weight is 462 g/mol. The number of aryl methyl sites for hydroxylation is 1. The fourth-order valence-electron chi connectivity index (χ4n) is 3.14. The molecule has 1 heterocycles. The molecule has 2 unspecified atom stereocenters. The number of hydrogen-bond acceptors (Lipinski definition) is 5. The highest BCUT2D eigenvalue weighted by atomic mass is 35.5. The number of fused-ring (bicyclic) bond motifs is 1. The Morgan fingerprint density at radius 2 is 1.94 bits per heavy atom. The van der Waals surface area contributed by atoms with Crippen LogP contribution in [-0.4, -0.2) is 27.5 Å². The number of halogens is 2. The van der Waals surface area contributed by atoms with Gasteiger partial charge < -0.3 is 10.1 Å². The lowest BCUT2D eigenvalue weighted by Gasteiger charge is -2.19. The molecule has 1 amide bonds. The summed E-state index contributed by atoms with van der Waals surface area (Å²) in [4.78, 5) is 41.6. The van der Waals surface area contributed by atoms with Gasteiger partial charge in [0.2, 0.25) is 0 Å². The van der Waals surface area contributed by atoms with Crippen molar-refractivity contribution in [2.24, 2.45) is 0 Å². The summed E-state index contributed by atoms with van der Waals surface area (Å²) in [5.41, 5.74) is 1.78. The number of hydrogen-bond donors (Lipinski definition) is 1. The van der Waals surface area contributed by atoms with Crippen molar-refractivity contribution in [3.63, 3.8) is 0 Å². The molecule has 2 atom stereocenters. The lowest BCUT2D eigenvalue weighted by molar-refractivity contribution is -0.155. The lowest BCUT2D eigenvalue weighted by Crippen LogP contribution is -2.38. The van der Waals surface area contributed by atoms with Gasteiger partial charge in [0.15, 0.2) is 6.10 Å². The Labute approximate surface area is 188 Å². The van der Waals surface area contributed by atoms with Crippen molar-refractivity contribution < 1.29 is 14.3 Å². The van der Waals surface area contributed by atoms with Crippen LogP contribution in [0.2, 0.25) is 10.0 Å². The van der Waals surface area contributed by atoms with Crippen LogP contribution in [0.4, 0.5) is 0 Å². The number of benzene rings is 2. The predicted molar refractivity (Wildman–Crippen MR) is 119 cm³/mol. The second-order valence-electron chi connectivity index (χ2n) is 7.18. The van der Waals surface area contributed by atoms with E-state index < -0.39 is 24.0 Å². The molecule has 1 N–H and O–H groups in total. The first kappa shape index (κ1) is 22.8. The van der Waals surface area contributed by atoms with Crippen LogP contribution in [0.3, 0.4) is 0 Å². The monoisotopic (exact) mass is 461 g/mol. The van der Waals surface area contributed by atoms with Crippen LogP contribution in [-0.2, 0) is 20.9 Å². The Balaban J connectivity index is 1.64. The first-order valence-corrected chi connectivity index (χ1v) is 10.3. The zero-order valence-corrected chi connectivity index (χ0v) is 18.7. The average Bonchev–Trinajstić information content (AvgIpc) is 2.70. The summed E-state index contributed by atoms with van der Waals surface area (Å²) in [6.45, 7) is 4.70. The van der Waals surface area contributed by atoms with E-state index in [9.17, 15) is 14.4 Å². The van der Waals surface area contributed by atoms with E-state index in [0.29, 0.717) is 26.5 Å². The fraction of sp³-hybridized carbons (Fsp3) is 0.273. The second kappa shape index (κ2) is 9.49. The van der Waals surface area contributed by atoms with Crippen LogP contribution in [0, 0.1) is 6.92 Å². The van der Waals surface area contributed by atoms with E-state index in [1.165, 1.54) is 13.3 Å². The van der Waals surface area contributed by atoms with Crippen LogP contribution in [0.5, 0.6) is 0 Å². The van der Waals surface area contributed by atoms with Gasteiger partial charge in [0.1, 0.15) is 6.54 Å². The maximum Gasteiger partial charge on any atom is 0.326 e. The lowest BCUT2D eigenvalue weighted by atomic mass is 10.1. The molecule has 1 aromatic heterocycles. The highest BCUT2D eigenvalue weighted by Crippen LogP contribution is 2.26. The quantitative estimate of drug-likeness (QED) is 0.563. The number of nitrogens with zero attached hydrogens (tertiary/aromatic N) is 2. The Morgan fingerprint density at radius 3 is 2.65 bits per heavy atom. The minimum absolute atomic E-state index is 0.353. The van der Waals surface area contributed by atoms with Crippen LogP contribution in [0.1, 0.15) is 31.0 Å². The van der Waals surface area contributed by atoms with E-state index in [1.54, 1.807) is 37.3 Å². The van der Waals surface area contributed by atoms with Gasteiger partial charge in [0, 0.05) is 10.0 Å². The third kappa shape index (κ3) is 5.24. The van der Waals surface area contributed by atoms with Gasteiger partial charge in [-0.25, -0.2) is 4.98 Å². The van der Waals surface area contributed by atoms with Crippen molar-refractivity contribution in [3.8, 4) is 0 Å². The maximum absolute atomic E-state index is 12.6. The molecule has 9 heteroatoms. The van der Waals surface area contributed by atoms with E-state index in [-0.39, 0.29) is 12.1 Å². The molecular formula is C22H21Cl2N3O4. The van der Waals surface area contributed by atoms with Crippen molar-refractivity contribution in [2.45, 2.75) is 39.5 Å². The molecule has 3 aromatic rings. The summed E-state index contributed by atoms with van der Waals surface area (Å²) in [6, 6.07) is 9.81. The maximum atomic E-state index is 12.6. The van der Waals surface area contributed by atoms with Gasteiger partial charge in [0.05, 0.1) is 23.3 Å². The van der Waals surface area contributed by atoms with Crippen LogP contribution >= 0.6 is 23.2 Å². The van der Waals surface area contributed by atoms with Gasteiger partial charge in [-0.1, -0.05) is 41.4 Å². The highest BCUT2D eigenvalue weighted by molar-refractivity contribution is 6.35. The van der Waals surface area contributed by atoms with Crippen molar-refractivity contribution in [2.75, 3.05) is 0 Å². The zero-order valence-electron chi connectivity index (χ0n) is 17.2. The topological polar surface area (TPSA) is 90.3 Å². The molecule has 0 fully saturated rings. The number of amides is 1. The zero-order chi connectivity index (χ0) is 22.7. The number of aromatic nitrogens is 2. The third-order valence-corrected chi connectivity index (χ3v) is 5.38. The molecular weight excluding hydrogens is 441 g/mol. The van der Waals surface area contributed by atoms with Crippen LogP contribution in [0.25, 0.3) is 10.9 Å². The molecule has 0 aliphatic heterocycles. The Morgan fingerprint density at radius 1 is 1.19 bits per heavy atom. The van der Waals surface area contributed by atoms with Gasteiger partial charge in [-0.3, -0.25) is 19.0 Å². The molecule has 7 nitrogen and oxygen atoms in total. The van der Waals surface area contributed by atoms with Gasteiger partial charge in [-0.2, -0.15) is 0 Å². The second-order valence-corrected chi connectivity index (χ2v) is 8.02. The molecule has 2 aromatic carbocycles. The number of nitrogens with one attached hydrogen (secondary N) is 1. The molecule has 0 aliphatic carbocycles. The number of carbonyl (C=O) groups excluding carboxylic acids is 2. The fourth-order valence-corrected chi connectivity index (χ4v) is 3.71. The Kier molecular flexibility index (Phi) is 6.97. The molecule has 0 saturated carbocycles. The summed E-state index contributed by atoms with van der Waals surface area (Å²) in [6.07, 6.45) is 0.237. The molecule has 162 valence electrons. The molecule has 0 saturated heterocycles. The van der Waals surface area contributed by atoms with Crippen molar-refractivity contribution in [1.29, 1.82) is 0 Å². The standard InChI is InChI=1S/C22H21Cl2N3O4/c1-12-5-4-6-17-20(12)25-11-27(22(17)30)10-19(28)31-14(3)21(29)26-13(2)16-8-7-15(23)9-18(16)24/h4-9,11,13-14H,10H2,1-3H3,(H,26,29). The third-order valence-electron chi connectivity index (χ3n) is 4.82. The first-order valence-electron chi connectivity index (χ1n) is 9.57. The Hall–Kier alpha value is -2.90. The van der Waals surface area contributed by atoms with E-state index in [4.69, 9.17) is 27.9 Å². The number of carbonyl (C=O) groups is 2. The first-order chi connectivity index (χ1) is 14.7. The molecule has 3 rings (SSSR count). The number of esters is 1. The molecule has 0 bridgehead atoms. The SMILES string of the molecule is Cc1cccc2c(=O)n(CC(=O)OC(C)C(=O)NC(C)c3ccc(Cl)cc3Cl)cnc12. The smallest absolute Gasteiger partial charge is 0.326 e. The predicted octanol–water partition coefficient (Wildman–Crippen LogP) is 3.82. The summed E-state index contributed by atoms with van der Waals surface area (Å²) >= 11 is 12.1. The van der Waals surface area contributed by atoms with E-state index in [1.807, 2.05) is 13.0 Å². The van der Waals surface area contributed by atoms with Crippen molar-refractivity contribution >= 4 is 46.0 Å². The highest BCUT2D eigenvalue weighted by Gasteiger charge is 2.21. The number of para-hydroxylation sites is 1. The molecule has 0 aliphatic rings. The largest absolute Gasteiger partial charge is 0.451 e. The normalized spacial score (nSPS) is 12.9. The summed E-state index contributed by atoms with van der Waals surface area (Å²) in [7, 11) is 0.